The first-order valence-electron chi connectivity index (χ1n) is 17.9. The minimum atomic E-state index is -0.0325. The van der Waals surface area contributed by atoms with Gasteiger partial charge in [-0.2, -0.15) is 5.26 Å². The van der Waals surface area contributed by atoms with E-state index in [-0.39, 0.29) is 11.7 Å². The number of aromatic nitrogens is 1. The van der Waals surface area contributed by atoms with E-state index < -0.39 is 0 Å². The fourth-order valence-corrected chi connectivity index (χ4v) is 5.57. The van der Waals surface area contributed by atoms with Gasteiger partial charge in [-0.1, -0.05) is 126 Å². The Labute approximate surface area is 271 Å². The Morgan fingerprint density at radius 3 is 1.80 bits per heavy atom. The zero-order chi connectivity index (χ0) is 32.9. The van der Waals surface area contributed by atoms with Gasteiger partial charge in [0.15, 0.2) is 5.78 Å². The lowest BCUT2D eigenvalue weighted by molar-refractivity contribution is 0.103. The first-order chi connectivity index (χ1) is 21.2. The number of hydrogen-bond donors (Lipinski definition) is 0. The molecule has 1 aliphatic carbocycles. The molecular weight excluding hydrogens is 540 g/mol. The number of carbonyl (C=O) groups excluding carboxylic acids is 1. The van der Waals surface area contributed by atoms with Crippen molar-refractivity contribution in [2.75, 3.05) is 7.11 Å². The van der Waals surface area contributed by atoms with Crippen LogP contribution in [0.25, 0.3) is 0 Å². The smallest absolute Gasteiger partial charge is 0.217 e. The monoisotopic (exact) mass is 604 g/mol. The minimum Gasteiger partial charge on any atom is -0.481 e. The molecule has 2 aromatic rings. The third-order valence-electron chi connectivity index (χ3n) is 8.29. The molecule has 44 heavy (non-hydrogen) atoms. The lowest BCUT2D eigenvalue weighted by Gasteiger charge is -2.22. The van der Waals surface area contributed by atoms with Crippen molar-refractivity contribution in [3.8, 4) is 11.9 Å². The van der Waals surface area contributed by atoms with E-state index in [0.29, 0.717) is 22.9 Å². The second kappa shape index (κ2) is 22.8. The van der Waals surface area contributed by atoms with Crippen LogP contribution in [-0.2, 0) is 12.8 Å². The van der Waals surface area contributed by atoms with Gasteiger partial charge in [0.05, 0.1) is 18.7 Å². The molecule has 1 aliphatic rings. The standard InChI is InChI=1S/C24H28N2O2.2C8H18/c1-6-20-19(12-16-7-8-16)22(21(14(2)3)24(26-20)28-5)23(27)18-10-15(4)9-17(11-18)13-25;2*1-3-5-7-8-6-4-2/h9-11,14,16H,6-8,12H2,1-5H3;2*3-8H2,1-2H3. The number of unbranched alkanes of at least 4 members (excludes halogenated alkanes) is 10. The van der Waals surface area contributed by atoms with Crippen LogP contribution in [0.3, 0.4) is 0 Å². The quantitative estimate of drug-likeness (QED) is 0.133. The number of rotatable bonds is 17. The van der Waals surface area contributed by atoms with Crippen molar-refractivity contribution in [2.45, 2.75) is 164 Å². The predicted molar refractivity (Wildman–Crippen MR) is 188 cm³/mol. The van der Waals surface area contributed by atoms with Crippen LogP contribution >= 0.6 is 0 Å². The Morgan fingerprint density at radius 2 is 1.41 bits per heavy atom. The Morgan fingerprint density at radius 1 is 0.886 bits per heavy atom. The van der Waals surface area contributed by atoms with Crippen LogP contribution in [0, 0.1) is 24.2 Å². The molecule has 0 bridgehead atoms. The number of benzene rings is 1. The number of methoxy groups -OCH3 is 1. The summed E-state index contributed by atoms with van der Waals surface area (Å²) in [5.74, 6) is 1.25. The van der Waals surface area contributed by atoms with Crippen LogP contribution in [0.2, 0.25) is 0 Å². The number of ether oxygens (including phenoxy) is 1. The molecule has 0 radical (unpaired) electrons. The first-order valence-corrected chi connectivity index (χ1v) is 17.9. The van der Waals surface area contributed by atoms with E-state index >= 15 is 0 Å². The average Bonchev–Trinajstić information content (AvgIpc) is 3.85. The summed E-state index contributed by atoms with van der Waals surface area (Å²) in [4.78, 5) is 18.5. The van der Waals surface area contributed by atoms with Gasteiger partial charge in [-0.3, -0.25) is 4.79 Å². The largest absolute Gasteiger partial charge is 0.481 e. The molecule has 0 amide bonds. The molecule has 0 unspecified atom stereocenters. The Kier molecular flexibility index (Phi) is 20.4. The topological polar surface area (TPSA) is 63.0 Å². The van der Waals surface area contributed by atoms with Gasteiger partial charge in [0.25, 0.3) is 0 Å². The third kappa shape index (κ3) is 14.0. The van der Waals surface area contributed by atoms with Crippen LogP contribution < -0.4 is 4.74 Å². The maximum atomic E-state index is 13.8. The maximum Gasteiger partial charge on any atom is 0.217 e. The Hall–Kier alpha value is -2.67. The van der Waals surface area contributed by atoms with Crippen molar-refractivity contribution in [1.29, 1.82) is 5.26 Å². The normalized spacial score (nSPS) is 12.1. The molecule has 3 rings (SSSR count). The van der Waals surface area contributed by atoms with Gasteiger partial charge in [0.2, 0.25) is 5.88 Å². The van der Waals surface area contributed by atoms with Crippen molar-refractivity contribution >= 4 is 5.78 Å². The van der Waals surface area contributed by atoms with E-state index in [4.69, 9.17) is 9.72 Å². The number of hydrogen-bond acceptors (Lipinski definition) is 4. The summed E-state index contributed by atoms with van der Waals surface area (Å²) in [6.07, 6.45) is 21.0. The fourth-order valence-electron chi connectivity index (χ4n) is 5.57. The van der Waals surface area contributed by atoms with Gasteiger partial charge in [-0.15, -0.1) is 0 Å². The second-order valence-corrected chi connectivity index (χ2v) is 12.8. The van der Waals surface area contributed by atoms with E-state index in [1.165, 1.54) is 89.9 Å². The molecule has 0 N–H and O–H groups in total. The van der Waals surface area contributed by atoms with E-state index in [9.17, 15) is 10.1 Å². The summed E-state index contributed by atoms with van der Waals surface area (Å²) >= 11 is 0. The summed E-state index contributed by atoms with van der Waals surface area (Å²) in [6, 6.07) is 7.53. The molecule has 1 aromatic heterocycles. The Balaban J connectivity index is 0.000000498. The van der Waals surface area contributed by atoms with E-state index in [1.807, 2.05) is 13.0 Å². The van der Waals surface area contributed by atoms with Crippen molar-refractivity contribution in [1.82, 2.24) is 4.98 Å². The summed E-state index contributed by atoms with van der Waals surface area (Å²) in [7, 11) is 1.61. The second-order valence-electron chi connectivity index (χ2n) is 12.8. The van der Waals surface area contributed by atoms with Gasteiger partial charge in [-0.05, 0) is 73.8 Å². The summed E-state index contributed by atoms with van der Waals surface area (Å²) < 4.78 is 5.60. The molecule has 0 spiro atoms. The van der Waals surface area contributed by atoms with E-state index in [2.05, 4.69) is 54.5 Å². The van der Waals surface area contributed by atoms with E-state index in [1.54, 1.807) is 19.2 Å². The minimum absolute atomic E-state index is 0.0325. The fraction of sp³-hybridized carbons (Fsp3) is 0.675. The van der Waals surface area contributed by atoms with Crippen LogP contribution in [-0.4, -0.2) is 17.9 Å². The molecular formula is C40H64N2O2. The van der Waals surface area contributed by atoms with Gasteiger partial charge >= 0.3 is 0 Å². The highest BCUT2D eigenvalue weighted by Crippen LogP contribution is 2.39. The molecule has 1 aromatic carbocycles. The van der Waals surface area contributed by atoms with Gasteiger partial charge < -0.3 is 4.74 Å². The van der Waals surface area contributed by atoms with Crippen molar-refractivity contribution in [3.05, 3.63) is 57.3 Å². The lowest BCUT2D eigenvalue weighted by atomic mass is 9.85. The van der Waals surface area contributed by atoms with E-state index in [0.717, 1.165) is 40.8 Å². The molecule has 0 atom stereocenters. The van der Waals surface area contributed by atoms with Crippen LogP contribution in [0.5, 0.6) is 5.88 Å². The zero-order valence-corrected chi connectivity index (χ0v) is 29.9. The maximum absolute atomic E-state index is 13.8. The van der Waals surface area contributed by atoms with Crippen LogP contribution in [0.1, 0.15) is 188 Å². The average molecular weight is 605 g/mol. The molecule has 246 valence electrons. The van der Waals surface area contributed by atoms with Crippen molar-refractivity contribution in [2.24, 2.45) is 5.92 Å². The highest BCUT2D eigenvalue weighted by Gasteiger charge is 2.31. The van der Waals surface area contributed by atoms with Gasteiger partial charge in [-0.25, -0.2) is 4.98 Å². The van der Waals surface area contributed by atoms with Crippen molar-refractivity contribution in [3.63, 3.8) is 0 Å². The summed E-state index contributed by atoms with van der Waals surface area (Å²) in [5, 5.41) is 9.34. The molecule has 0 aliphatic heterocycles. The Bertz CT molecular complexity index is 1120. The summed E-state index contributed by atoms with van der Waals surface area (Å²) in [5.41, 5.74) is 5.61. The summed E-state index contributed by atoms with van der Waals surface area (Å²) in [6.45, 7) is 17.1. The number of pyridine rings is 1. The van der Waals surface area contributed by atoms with Crippen LogP contribution in [0.15, 0.2) is 18.2 Å². The predicted octanol–water partition coefficient (Wildman–Crippen LogP) is 11.9. The number of nitriles is 1. The molecule has 1 heterocycles. The highest BCUT2D eigenvalue weighted by atomic mass is 16.5. The number of carbonyl (C=O) groups is 1. The number of nitrogens with zero attached hydrogens (tertiary/aromatic N) is 2. The van der Waals surface area contributed by atoms with Gasteiger partial charge in [0.1, 0.15) is 0 Å². The van der Waals surface area contributed by atoms with Crippen LogP contribution in [0.4, 0.5) is 0 Å². The molecule has 4 heteroatoms. The molecule has 4 nitrogen and oxygen atoms in total. The molecule has 1 fully saturated rings. The molecule has 0 saturated heterocycles. The highest BCUT2D eigenvalue weighted by molar-refractivity contribution is 6.11. The number of aryl methyl sites for hydroxylation is 2. The van der Waals surface area contributed by atoms with Gasteiger partial charge in [0, 0.05) is 22.4 Å². The zero-order valence-electron chi connectivity index (χ0n) is 29.9. The SMILES string of the molecule is CCCCCCCC.CCCCCCCC.CCc1nc(OC)c(C(C)C)c(C(=O)c2cc(C)cc(C#N)c2)c1CC1CC1. The van der Waals surface area contributed by atoms with Crippen molar-refractivity contribution < 1.29 is 9.53 Å². The third-order valence-corrected chi connectivity index (χ3v) is 8.29. The molecule has 1 saturated carbocycles. The number of ketones is 1. The lowest BCUT2D eigenvalue weighted by Crippen LogP contribution is -2.17. The first kappa shape index (κ1) is 39.4.